The van der Waals surface area contributed by atoms with Crippen LogP contribution in [0.1, 0.15) is 32.1 Å². The maximum atomic E-state index is 5.63. The van der Waals surface area contributed by atoms with Crippen LogP contribution in [0.5, 0.6) is 0 Å². The molecule has 0 aromatic rings. The van der Waals surface area contributed by atoms with Gasteiger partial charge in [0.1, 0.15) is 0 Å². The number of piperidine rings is 1. The lowest BCUT2D eigenvalue weighted by molar-refractivity contribution is 0.118. The number of nitrogens with zero attached hydrogens (tertiary/aromatic N) is 1. The maximum absolute atomic E-state index is 5.63. The lowest BCUT2D eigenvalue weighted by atomic mass is 9.95. The van der Waals surface area contributed by atoms with Gasteiger partial charge in [-0.2, -0.15) is 0 Å². The van der Waals surface area contributed by atoms with Crippen LogP contribution in [0.3, 0.4) is 0 Å². The SMILES string of the molecule is CN(C)CCCOCCCC1CCCNC1. The molecule has 1 saturated heterocycles. The Morgan fingerprint density at radius 3 is 2.75 bits per heavy atom. The van der Waals surface area contributed by atoms with Crippen LogP contribution in [-0.2, 0) is 4.74 Å². The third-order valence-corrected chi connectivity index (χ3v) is 3.19. The molecule has 0 saturated carbocycles. The van der Waals surface area contributed by atoms with Crippen LogP contribution >= 0.6 is 0 Å². The average Bonchev–Trinajstić information content (AvgIpc) is 2.29. The quantitative estimate of drug-likeness (QED) is 0.640. The molecular weight excluding hydrogens is 200 g/mol. The van der Waals surface area contributed by atoms with Gasteiger partial charge >= 0.3 is 0 Å². The molecular formula is C13H28N2O. The molecule has 0 radical (unpaired) electrons. The number of ether oxygens (including phenoxy) is 1. The molecule has 0 aromatic heterocycles. The van der Waals surface area contributed by atoms with E-state index in [0.717, 1.165) is 32.1 Å². The van der Waals surface area contributed by atoms with Crippen molar-refractivity contribution in [2.75, 3.05) is 46.9 Å². The van der Waals surface area contributed by atoms with Gasteiger partial charge in [-0.25, -0.2) is 0 Å². The predicted molar refractivity (Wildman–Crippen MR) is 68.8 cm³/mol. The number of rotatable bonds is 8. The van der Waals surface area contributed by atoms with Gasteiger partial charge in [-0.1, -0.05) is 0 Å². The largest absolute Gasteiger partial charge is 0.381 e. The minimum atomic E-state index is 0.902. The van der Waals surface area contributed by atoms with E-state index >= 15 is 0 Å². The van der Waals surface area contributed by atoms with Crippen LogP contribution in [0.25, 0.3) is 0 Å². The molecule has 96 valence electrons. The van der Waals surface area contributed by atoms with E-state index in [1.165, 1.54) is 38.8 Å². The van der Waals surface area contributed by atoms with Gasteiger partial charge < -0.3 is 15.0 Å². The molecule has 1 unspecified atom stereocenters. The summed E-state index contributed by atoms with van der Waals surface area (Å²) in [6.07, 6.45) is 6.48. The summed E-state index contributed by atoms with van der Waals surface area (Å²) in [5.74, 6) is 0.902. The van der Waals surface area contributed by atoms with Crippen molar-refractivity contribution in [1.82, 2.24) is 10.2 Å². The van der Waals surface area contributed by atoms with E-state index < -0.39 is 0 Å². The first-order valence-electron chi connectivity index (χ1n) is 6.72. The molecule has 1 heterocycles. The van der Waals surface area contributed by atoms with E-state index in [9.17, 15) is 0 Å². The highest BCUT2D eigenvalue weighted by molar-refractivity contribution is 4.68. The Labute approximate surface area is 101 Å². The van der Waals surface area contributed by atoms with Crippen LogP contribution in [0, 0.1) is 5.92 Å². The van der Waals surface area contributed by atoms with Crippen LogP contribution in [0.15, 0.2) is 0 Å². The van der Waals surface area contributed by atoms with Gasteiger partial charge in [0.15, 0.2) is 0 Å². The van der Waals surface area contributed by atoms with E-state index in [4.69, 9.17) is 4.74 Å². The Morgan fingerprint density at radius 2 is 2.06 bits per heavy atom. The average molecular weight is 228 g/mol. The van der Waals surface area contributed by atoms with Crippen molar-refractivity contribution in [1.29, 1.82) is 0 Å². The second kappa shape index (κ2) is 8.97. The van der Waals surface area contributed by atoms with Gasteiger partial charge in [0.2, 0.25) is 0 Å². The van der Waals surface area contributed by atoms with Crippen molar-refractivity contribution < 1.29 is 4.74 Å². The van der Waals surface area contributed by atoms with Crippen molar-refractivity contribution in [2.24, 2.45) is 5.92 Å². The van der Waals surface area contributed by atoms with Crippen LogP contribution in [0.4, 0.5) is 0 Å². The van der Waals surface area contributed by atoms with E-state index in [2.05, 4.69) is 24.3 Å². The first-order chi connectivity index (χ1) is 7.79. The lowest BCUT2D eigenvalue weighted by Gasteiger charge is -2.22. The van der Waals surface area contributed by atoms with E-state index in [1.54, 1.807) is 0 Å². The standard InChI is InChI=1S/C13H28N2O/c1-15(2)9-5-11-16-10-4-7-13-6-3-8-14-12-13/h13-14H,3-12H2,1-2H3. The van der Waals surface area contributed by atoms with Crippen molar-refractivity contribution in [2.45, 2.75) is 32.1 Å². The van der Waals surface area contributed by atoms with Crippen LogP contribution < -0.4 is 5.32 Å². The van der Waals surface area contributed by atoms with E-state index in [1.807, 2.05) is 0 Å². The highest BCUT2D eigenvalue weighted by atomic mass is 16.5. The zero-order valence-electron chi connectivity index (χ0n) is 11.0. The van der Waals surface area contributed by atoms with Gasteiger partial charge in [-0.05, 0) is 71.8 Å². The number of hydrogen-bond acceptors (Lipinski definition) is 3. The van der Waals surface area contributed by atoms with E-state index in [-0.39, 0.29) is 0 Å². The molecule has 16 heavy (non-hydrogen) atoms. The molecule has 1 fully saturated rings. The second-order valence-electron chi connectivity index (χ2n) is 5.12. The summed E-state index contributed by atoms with van der Waals surface area (Å²) < 4.78 is 5.63. The van der Waals surface area contributed by atoms with Crippen molar-refractivity contribution >= 4 is 0 Å². The molecule has 1 aliphatic heterocycles. The van der Waals surface area contributed by atoms with Gasteiger partial charge in [-0.3, -0.25) is 0 Å². The molecule has 1 rings (SSSR count). The molecule has 1 atom stereocenters. The fourth-order valence-corrected chi connectivity index (χ4v) is 2.23. The Hall–Kier alpha value is -0.120. The second-order valence-corrected chi connectivity index (χ2v) is 5.12. The molecule has 0 bridgehead atoms. The van der Waals surface area contributed by atoms with Gasteiger partial charge in [0.25, 0.3) is 0 Å². The highest BCUT2D eigenvalue weighted by Crippen LogP contribution is 2.15. The molecule has 0 amide bonds. The Balaban J connectivity index is 1.80. The topological polar surface area (TPSA) is 24.5 Å². The number of hydrogen-bond donors (Lipinski definition) is 1. The highest BCUT2D eigenvalue weighted by Gasteiger charge is 2.11. The maximum Gasteiger partial charge on any atom is 0.0478 e. The van der Waals surface area contributed by atoms with Crippen molar-refractivity contribution in [3.8, 4) is 0 Å². The Morgan fingerprint density at radius 1 is 1.25 bits per heavy atom. The zero-order chi connectivity index (χ0) is 11.6. The summed E-state index contributed by atoms with van der Waals surface area (Å²) in [6.45, 7) is 5.44. The van der Waals surface area contributed by atoms with Gasteiger partial charge in [0, 0.05) is 13.2 Å². The first-order valence-corrected chi connectivity index (χ1v) is 6.72. The summed E-state index contributed by atoms with van der Waals surface area (Å²) >= 11 is 0. The fraction of sp³-hybridized carbons (Fsp3) is 1.00. The molecule has 1 N–H and O–H groups in total. The minimum absolute atomic E-state index is 0.902. The molecule has 0 aliphatic carbocycles. The fourth-order valence-electron chi connectivity index (χ4n) is 2.23. The summed E-state index contributed by atoms with van der Waals surface area (Å²) in [6, 6.07) is 0. The summed E-state index contributed by atoms with van der Waals surface area (Å²) in [4.78, 5) is 2.21. The van der Waals surface area contributed by atoms with Crippen molar-refractivity contribution in [3.05, 3.63) is 0 Å². The monoisotopic (exact) mass is 228 g/mol. The third kappa shape index (κ3) is 7.20. The molecule has 3 heteroatoms. The normalized spacial score (nSPS) is 21.6. The summed E-state index contributed by atoms with van der Waals surface area (Å²) in [5, 5.41) is 3.46. The van der Waals surface area contributed by atoms with Crippen LogP contribution in [-0.4, -0.2) is 51.8 Å². The number of nitrogens with one attached hydrogen (secondary N) is 1. The molecule has 3 nitrogen and oxygen atoms in total. The molecule has 1 aliphatic rings. The minimum Gasteiger partial charge on any atom is -0.381 e. The molecule has 0 spiro atoms. The predicted octanol–water partition coefficient (Wildman–Crippen LogP) is 1.73. The summed E-state index contributed by atoms with van der Waals surface area (Å²) in [5.41, 5.74) is 0. The Bertz CT molecular complexity index is 156. The summed E-state index contributed by atoms with van der Waals surface area (Å²) in [7, 11) is 4.21. The third-order valence-electron chi connectivity index (χ3n) is 3.19. The Kier molecular flexibility index (Phi) is 7.81. The van der Waals surface area contributed by atoms with Gasteiger partial charge in [-0.15, -0.1) is 0 Å². The first kappa shape index (κ1) is 13.9. The van der Waals surface area contributed by atoms with E-state index in [0.29, 0.717) is 0 Å². The molecule has 0 aromatic carbocycles. The smallest absolute Gasteiger partial charge is 0.0478 e. The zero-order valence-corrected chi connectivity index (χ0v) is 11.0. The van der Waals surface area contributed by atoms with Crippen LogP contribution in [0.2, 0.25) is 0 Å². The lowest BCUT2D eigenvalue weighted by Crippen LogP contribution is -2.29. The van der Waals surface area contributed by atoms with Crippen molar-refractivity contribution in [3.63, 3.8) is 0 Å². The van der Waals surface area contributed by atoms with Gasteiger partial charge in [0.05, 0.1) is 0 Å².